The number of amides is 2. The molecular formula is C26H31N3O3. The minimum absolute atomic E-state index is 0.0941. The molecule has 1 aromatic carbocycles. The van der Waals surface area contributed by atoms with Crippen molar-refractivity contribution in [3.8, 4) is 5.75 Å². The highest BCUT2D eigenvalue weighted by Crippen LogP contribution is 2.32. The second kappa shape index (κ2) is 9.31. The van der Waals surface area contributed by atoms with E-state index in [9.17, 15) is 9.59 Å². The average Bonchev–Trinajstić information content (AvgIpc) is 3.71. The summed E-state index contributed by atoms with van der Waals surface area (Å²) in [5.41, 5.74) is 2.03. The van der Waals surface area contributed by atoms with E-state index in [1.54, 1.807) is 0 Å². The molecule has 3 fully saturated rings. The summed E-state index contributed by atoms with van der Waals surface area (Å²) in [4.78, 5) is 33.2. The van der Waals surface area contributed by atoms with Crippen molar-refractivity contribution < 1.29 is 14.3 Å². The van der Waals surface area contributed by atoms with Crippen LogP contribution in [0.2, 0.25) is 0 Å². The molecule has 5 rings (SSSR count). The van der Waals surface area contributed by atoms with Crippen LogP contribution < -0.4 is 4.74 Å². The molecule has 0 N–H and O–H groups in total. The standard InChI is InChI=1S/C26H31N3O3/c30-25(21-1-2-21)29-17-11-24(12-18-29)32-23-5-3-22(4-6-23)26(31)28-15-9-20(10-16-28)19-7-13-27-14-8-19/h3-8,13-14,20-21,24H,1-2,9-12,15-18H2. The number of ether oxygens (including phenoxy) is 1. The zero-order valence-electron chi connectivity index (χ0n) is 18.5. The summed E-state index contributed by atoms with van der Waals surface area (Å²) in [5, 5.41) is 0. The molecule has 2 amide bonds. The maximum absolute atomic E-state index is 12.9. The van der Waals surface area contributed by atoms with E-state index in [-0.39, 0.29) is 12.0 Å². The molecule has 0 atom stereocenters. The van der Waals surface area contributed by atoms with Gasteiger partial charge in [-0.2, -0.15) is 0 Å². The summed E-state index contributed by atoms with van der Waals surface area (Å²) in [6.45, 7) is 3.13. The van der Waals surface area contributed by atoms with Crippen LogP contribution in [0.15, 0.2) is 48.8 Å². The summed E-state index contributed by atoms with van der Waals surface area (Å²) in [7, 11) is 0. The van der Waals surface area contributed by atoms with Crippen molar-refractivity contribution in [1.82, 2.24) is 14.8 Å². The van der Waals surface area contributed by atoms with Crippen molar-refractivity contribution in [2.45, 2.75) is 50.5 Å². The topological polar surface area (TPSA) is 62.7 Å². The van der Waals surface area contributed by atoms with Crippen LogP contribution in [-0.4, -0.2) is 58.9 Å². The molecular weight excluding hydrogens is 402 g/mol. The molecule has 1 saturated carbocycles. The van der Waals surface area contributed by atoms with Crippen molar-refractivity contribution in [2.75, 3.05) is 26.2 Å². The number of hydrogen-bond donors (Lipinski definition) is 0. The van der Waals surface area contributed by atoms with Gasteiger partial charge in [-0.1, -0.05) is 0 Å². The Morgan fingerprint density at radius 1 is 0.781 bits per heavy atom. The Morgan fingerprint density at radius 3 is 2.03 bits per heavy atom. The van der Waals surface area contributed by atoms with Gasteiger partial charge in [-0.25, -0.2) is 0 Å². The Balaban J connectivity index is 1.10. The van der Waals surface area contributed by atoms with Crippen LogP contribution >= 0.6 is 0 Å². The predicted molar refractivity (Wildman–Crippen MR) is 122 cm³/mol. The number of nitrogens with zero attached hydrogens (tertiary/aromatic N) is 3. The van der Waals surface area contributed by atoms with Gasteiger partial charge in [-0.15, -0.1) is 0 Å². The van der Waals surface area contributed by atoms with Crippen LogP contribution in [0, 0.1) is 5.92 Å². The first-order chi connectivity index (χ1) is 15.7. The van der Waals surface area contributed by atoms with E-state index in [0.29, 0.717) is 23.3 Å². The van der Waals surface area contributed by atoms with Crippen molar-refractivity contribution in [1.29, 1.82) is 0 Å². The fourth-order valence-electron chi connectivity index (χ4n) is 4.89. The van der Waals surface area contributed by atoms with Gasteiger partial charge in [0.15, 0.2) is 0 Å². The number of aromatic nitrogens is 1. The third-order valence-corrected chi connectivity index (χ3v) is 7.04. The molecule has 1 aliphatic carbocycles. The van der Waals surface area contributed by atoms with E-state index >= 15 is 0 Å². The fraction of sp³-hybridized carbons (Fsp3) is 0.500. The molecule has 2 aliphatic heterocycles. The van der Waals surface area contributed by atoms with Crippen LogP contribution in [0.1, 0.15) is 60.4 Å². The van der Waals surface area contributed by atoms with Gasteiger partial charge in [0.1, 0.15) is 11.9 Å². The van der Waals surface area contributed by atoms with Crippen molar-refractivity contribution in [2.24, 2.45) is 5.92 Å². The lowest BCUT2D eigenvalue weighted by Crippen LogP contribution is -2.42. The van der Waals surface area contributed by atoms with E-state index in [2.05, 4.69) is 17.1 Å². The van der Waals surface area contributed by atoms with E-state index in [1.807, 2.05) is 46.5 Å². The van der Waals surface area contributed by atoms with E-state index in [4.69, 9.17) is 4.74 Å². The Hall–Kier alpha value is -2.89. The van der Waals surface area contributed by atoms with Crippen molar-refractivity contribution >= 4 is 11.8 Å². The number of pyridine rings is 1. The van der Waals surface area contributed by atoms with Gasteiger partial charge in [0.05, 0.1) is 0 Å². The van der Waals surface area contributed by atoms with Gasteiger partial charge in [0, 0.05) is 62.9 Å². The zero-order chi connectivity index (χ0) is 21.9. The number of hydrogen-bond acceptors (Lipinski definition) is 4. The first kappa shape index (κ1) is 21.0. The summed E-state index contributed by atoms with van der Waals surface area (Å²) in [6, 6.07) is 11.7. The van der Waals surface area contributed by atoms with Gasteiger partial charge in [-0.05, 0) is 73.6 Å². The second-order valence-electron chi connectivity index (χ2n) is 9.29. The maximum atomic E-state index is 12.9. The van der Waals surface area contributed by atoms with Crippen molar-refractivity contribution in [3.63, 3.8) is 0 Å². The smallest absolute Gasteiger partial charge is 0.253 e. The Bertz CT molecular complexity index is 927. The average molecular weight is 434 g/mol. The normalized spacial score (nSPS) is 20.2. The van der Waals surface area contributed by atoms with Gasteiger partial charge in [0.25, 0.3) is 5.91 Å². The predicted octanol–water partition coefficient (Wildman–Crippen LogP) is 3.88. The molecule has 2 aromatic rings. The lowest BCUT2D eigenvalue weighted by atomic mass is 9.90. The number of benzene rings is 1. The molecule has 0 unspecified atom stereocenters. The number of carbonyl (C=O) groups excluding carboxylic acids is 2. The third kappa shape index (κ3) is 4.79. The summed E-state index contributed by atoms with van der Waals surface area (Å²) in [5.74, 6) is 2.01. The maximum Gasteiger partial charge on any atom is 0.253 e. The summed E-state index contributed by atoms with van der Waals surface area (Å²) in [6.07, 6.45) is 9.63. The number of rotatable bonds is 5. The van der Waals surface area contributed by atoms with E-state index < -0.39 is 0 Å². The molecule has 2 saturated heterocycles. The van der Waals surface area contributed by atoms with Gasteiger partial charge in [-0.3, -0.25) is 14.6 Å². The molecule has 168 valence electrons. The lowest BCUT2D eigenvalue weighted by molar-refractivity contribution is -0.134. The lowest BCUT2D eigenvalue weighted by Gasteiger charge is -2.33. The minimum Gasteiger partial charge on any atom is -0.490 e. The van der Waals surface area contributed by atoms with Crippen LogP contribution in [0.3, 0.4) is 0 Å². The molecule has 32 heavy (non-hydrogen) atoms. The zero-order valence-corrected chi connectivity index (χ0v) is 18.5. The van der Waals surface area contributed by atoms with Crippen LogP contribution in [0.4, 0.5) is 0 Å². The number of likely N-dealkylation sites (tertiary alicyclic amines) is 2. The van der Waals surface area contributed by atoms with Gasteiger partial charge >= 0.3 is 0 Å². The molecule has 0 bridgehead atoms. The Kier molecular flexibility index (Phi) is 6.10. The van der Waals surface area contributed by atoms with Gasteiger partial charge < -0.3 is 14.5 Å². The summed E-state index contributed by atoms with van der Waals surface area (Å²) < 4.78 is 6.13. The molecule has 0 radical (unpaired) electrons. The Labute approximate surface area is 189 Å². The Morgan fingerprint density at radius 2 is 1.41 bits per heavy atom. The first-order valence-electron chi connectivity index (χ1n) is 11.9. The molecule has 0 spiro atoms. The quantitative estimate of drug-likeness (QED) is 0.718. The highest BCUT2D eigenvalue weighted by Gasteiger charge is 2.35. The van der Waals surface area contributed by atoms with Gasteiger partial charge in [0.2, 0.25) is 5.91 Å². The van der Waals surface area contributed by atoms with Crippen LogP contribution in [0.25, 0.3) is 0 Å². The SMILES string of the molecule is O=C(c1ccc(OC2CCN(C(=O)C3CC3)CC2)cc1)N1CCC(c2ccncc2)CC1. The second-order valence-corrected chi connectivity index (χ2v) is 9.29. The molecule has 6 heteroatoms. The van der Waals surface area contributed by atoms with E-state index in [1.165, 1.54) is 5.56 Å². The molecule has 3 aliphatic rings. The summed E-state index contributed by atoms with van der Waals surface area (Å²) >= 11 is 0. The number of carbonyl (C=O) groups is 2. The van der Waals surface area contributed by atoms with Crippen LogP contribution in [0.5, 0.6) is 5.75 Å². The van der Waals surface area contributed by atoms with Crippen LogP contribution in [-0.2, 0) is 4.79 Å². The minimum atomic E-state index is 0.0941. The largest absolute Gasteiger partial charge is 0.490 e. The molecule has 3 heterocycles. The highest BCUT2D eigenvalue weighted by atomic mass is 16.5. The molecule has 6 nitrogen and oxygen atoms in total. The molecule has 1 aromatic heterocycles. The van der Waals surface area contributed by atoms with E-state index in [0.717, 1.165) is 70.5 Å². The van der Waals surface area contributed by atoms with Crippen molar-refractivity contribution in [3.05, 3.63) is 59.9 Å². The number of piperidine rings is 2. The third-order valence-electron chi connectivity index (χ3n) is 7.04. The fourth-order valence-corrected chi connectivity index (χ4v) is 4.89. The highest BCUT2D eigenvalue weighted by molar-refractivity contribution is 5.94. The monoisotopic (exact) mass is 433 g/mol. The first-order valence-corrected chi connectivity index (χ1v) is 11.9.